The first-order chi connectivity index (χ1) is 14.1. The molecule has 9 heteroatoms. The molecule has 156 valence electrons. The number of ether oxygens (including phenoxy) is 1. The van der Waals surface area contributed by atoms with Gasteiger partial charge in [-0.1, -0.05) is 6.07 Å². The number of hydrogen-bond donors (Lipinski definition) is 1. The molecule has 0 spiro atoms. The van der Waals surface area contributed by atoms with E-state index in [1.807, 2.05) is 0 Å². The van der Waals surface area contributed by atoms with Gasteiger partial charge in [0.25, 0.3) is 5.91 Å². The van der Waals surface area contributed by atoms with Crippen LogP contribution in [0, 0.1) is 25.5 Å². The van der Waals surface area contributed by atoms with Gasteiger partial charge in [-0.25, -0.2) is 13.8 Å². The van der Waals surface area contributed by atoms with Crippen LogP contribution in [0.3, 0.4) is 0 Å². The zero-order chi connectivity index (χ0) is 22.1. The van der Waals surface area contributed by atoms with Crippen molar-refractivity contribution in [2.45, 2.75) is 20.0 Å². The minimum atomic E-state index is -4.65. The van der Waals surface area contributed by atoms with Crippen molar-refractivity contribution < 1.29 is 31.5 Å². The average Bonchev–Trinajstić information content (AvgIpc) is 2.66. The van der Waals surface area contributed by atoms with Gasteiger partial charge in [-0.3, -0.25) is 4.79 Å². The van der Waals surface area contributed by atoms with Crippen LogP contribution in [0.25, 0.3) is 0 Å². The molecule has 0 aliphatic heterocycles. The summed E-state index contributed by atoms with van der Waals surface area (Å²) in [4.78, 5) is 16.0. The molecule has 0 radical (unpaired) electrons. The standard InChI is InChI=1S/C21H15F5N2O2/c1-11-3-10-16(22)17(18(11)23)19(29)28-13-5-7-14(8-6-13)30-20-15(21(24,25)26)9-4-12(2)27-20/h3-10H,1-2H3,(H,28,29). The number of pyridine rings is 1. The minimum Gasteiger partial charge on any atom is -0.438 e. The molecule has 3 aromatic rings. The molecule has 0 saturated heterocycles. The van der Waals surface area contributed by atoms with Crippen molar-refractivity contribution in [3.05, 3.63) is 82.5 Å². The molecule has 0 bridgehead atoms. The Hall–Kier alpha value is -3.49. The number of alkyl halides is 3. The Morgan fingerprint density at radius 2 is 1.63 bits per heavy atom. The van der Waals surface area contributed by atoms with Gasteiger partial charge in [0.1, 0.15) is 28.5 Å². The van der Waals surface area contributed by atoms with E-state index in [1.54, 1.807) is 0 Å². The molecule has 1 amide bonds. The molecule has 30 heavy (non-hydrogen) atoms. The van der Waals surface area contributed by atoms with Crippen molar-refractivity contribution in [1.29, 1.82) is 0 Å². The summed E-state index contributed by atoms with van der Waals surface area (Å²) in [6.07, 6.45) is -4.65. The highest BCUT2D eigenvalue weighted by molar-refractivity contribution is 6.04. The fourth-order valence-electron chi connectivity index (χ4n) is 2.60. The topological polar surface area (TPSA) is 51.2 Å². The Balaban J connectivity index is 1.79. The van der Waals surface area contributed by atoms with Gasteiger partial charge >= 0.3 is 6.18 Å². The molecule has 0 aliphatic carbocycles. The third kappa shape index (κ3) is 4.56. The van der Waals surface area contributed by atoms with Crippen LogP contribution in [0.15, 0.2) is 48.5 Å². The Kier molecular flexibility index (Phi) is 5.73. The molecular weight excluding hydrogens is 407 g/mol. The second-order valence-corrected chi connectivity index (χ2v) is 6.44. The van der Waals surface area contributed by atoms with Crippen LogP contribution in [-0.4, -0.2) is 10.9 Å². The number of benzene rings is 2. The lowest BCUT2D eigenvalue weighted by molar-refractivity contribution is -0.138. The highest BCUT2D eigenvalue weighted by atomic mass is 19.4. The molecule has 2 aromatic carbocycles. The number of halogens is 5. The molecule has 1 heterocycles. The lowest BCUT2D eigenvalue weighted by Crippen LogP contribution is -2.16. The highest BCUT2D eigenvalue weighted by Gasteiger charge is 2.35. The van der Waals surface area contributed by atoms with Gasteiger partial charge in [0.15, 0.2) is 0 Å². The van der Waals surface area contributed by atoms with Crippen LogP contribution in [0.2, 0.25) is 0 Å². The second-order valence-electron chi connectivity index (χ2n) is 6.44. The van der Waals surface area contributed by atoms with E-state index in [9.17, 15) is 26.7 Å². The first-order valence-electron chi connectivity index (χ1n) is 8.65. The molecule has 0 unspecified atom stereocenters. The monoisotopic (exact) mass is 422 g/mol. The number of rotatable bonds is 4. The lowest BCUT2D eigenvalue weighted by Gasteiger charge is -2.13. The number of carbonyl (C=O) groups excluding carboxylic acids is 1. The number of aromatic nitrogens is 1. The smallest absolute Gasteiger partial charge is 0.421 e. The van der Waals surface area contributed by atoms with E-state index in [0.717, 1.165) is 12.1 Å². The van der Waals surface area contributed by atoms with Gasteiger partial charge < -0.3 is 10.1 Å². The van der Waals surface area contributed by atoms with E-state index < -0.39 is 40.7 Å². The number of nitrogens with zero attached hydrogens (tertiary/aromatic N) is 1. The van der Waals surface area contributed by atoms with Crippen molar-refractivity contribution in [2.24, 2.45) is 0 Å². The van der Waals surface area contributed by atoms with Gasteiger partial charge in [0.2, 0.25) is 5.88 Å². The fraction of sp³-hybridized carbons (Fsp3) is 0.143. The number of carbonyl (C=O) groups is 1. The Morgan fingerprint density at radius 1 is 0.967 bits per heavy atom. The summed E-state index contributed by atoms with van der Waals surface area (Å²) >= 11 is 0. The van der Waals surface area contributed by atoms with E-state index in [4.69, 9.17) is 4.74 Å². The molecule has 0 saturated carbocycles. The Bertz CT molecular complexity index is 1100. The highest BCUT2D eigenvalue weighted by Crippen LogP contribution is 2.37. The maximum absolute atomic E-state index is 14.1. The predicted octanol–water partition coefficient (Wildman–Crippen LogP) is 6.04. The molecule has 0 fully saturated rings. The van der Waals surface area contributed by atoms with E-state index >= 15 is 0 Å². The molecule has 0 atom stereocenters. The zero-order valence-corrected chi connectivity index (χ0v) is 15.8. The number of aryl methyl sites for hydroxylation is 2. The van der Waals surface area contributed by atoms with Crippen LogP contribution >= 0.6 is 0 Å². The van der Waals surface area contributed by atoms with Gasteiger partial charge in [-0.05, 0) is 61.9 Å². The fourth-order valence-corrected chi connectivity index (χ4v) is 2.60. The third-order valence-electron chi connectivity index (χ3n) is 4.14. The van der Waals surface area contributed by atoms with Gasteiger partial charge in [-0.2, -0.15) is 13.2 Å². The van der Waals surface area contributed by atoms with Gasteiger partial charge in [-0.15, -0.1) is 0 Å². The van der Waals surface area contributed by atoms with E-state index in [2.05, 4.69) is 10.3 Å². The van der Waals surface area contributed by atoms with Crippen molar-refractivity contribution in [3.63, 3.8) is 0 Å². The first kappa shape index (κ1) is 21.2. The lowest BCUT2D eigenvalue weighted by atomic mass is 10.1. The summed E-state index contributed by atoms with van der Waals surface area (Å²) in [6, 6.07) is 9.52. The SMILES string of the molecule is Cc1ccc(C(F)(F)F)c(Oc2ccc(NC(=O)c3c(F)ccc(C)c3F)cc2)n1. The van der Waals surface area contributed by atoms with Gasteiger partial charge in [0.05, 0.1) is 0 Å². The normalized spacial score (nSPS) is 11.3. The Morgan fingerprint density at radius 3 is 2.27 bits per heavy atom. The first-order valence-corrected chi connectivity index (χ1v) is 8.65. The van der Waals surface area contributed by atoms with Crippen molar-refractivity contribution >= 4 is 11.6 Å². The third-order valence-corrected chi connectivity index (χ3v) is 4.14. The van der Waals surface area contributed by atoms with Crippen LogP contribution in [-0.2, 0) is 6.18 Å². The molecular formula is C21H15F5N2O2. The molecule has 0 aliphatic rings. The number of anilines is 1. The zero-order valence-electron chi connectivity index (χ0n) is 15.8. The van der Waals surface area contributed by atoms with Crippen LogP contribution in [0.5, 0.6) is 11.6 Å². The molecule has 4 nitrogen and oxygen atoms in total. The Labute approximate surface area is 168 Å². The van der Waals surface area contributed by atoms with E-state index in [0.29, 0.717) is 5.69 Å². The van der Waals surface area contributed by atoms with E-state index in [-0.39, 0.29) is 17.0 Å². The summed E-state index contributed by atoms with van der Waals surface area (Å²) in [5, 5.41) is 2.33. The average molecular weight is 422 g/mol. The van der Waals surface area contributed by atoms with Crippen molar-refractivity contribution in [3.8, 4) is 11.6 Å². The summed E-state index contributed by atoms with van der Waals surface area (Å²) in [5.74, 6) is -3.56. The predicted molar refractivity (Wildman–Crippen MR) is 99.5 cm³/mol. The maximum Gasteiger partial charge on any atom is 0.421 e. The van der Waals surface area contributed by atoms with Crippen LogP contribution in [0.1, 0.15) is 27.2 Å². The second kappa shape index (κ2) is 8.10. The van der Waals surface area contributed by atoms with E-state index in [1.165, 1.54) is 50.2 Å². The summed E-state index contributed by atoms with van der Waals surface area (Å²) < 4.78 is 72.5. The largest absolute Gasteiger partial charge is 0.438 e. The number of hydrogen-bond acceptors (Lipinski definition) is 3. The van der Waals surface area contributed by atoms with Crippen molar-refractivity contribution in [1.82, 2.24) is 4.98 Å². The number of nitrogens with one attached hydrogen (secondary N) is 1. The molecule has 3 rings (SSSR count). The number of amides is 1. The quantitative estimate of drug-likeness (QED) is 0.522. The van der Waals surface area contributed by atoms with Crippen molar-refractivity contribution in [2.75, 3.05) is 5.32 Å². The van der Waals surface area contributed by atoms with Gasteiger partial charge in [0, 0.05) is 11.4 Å². The van der Waals surface area contributed by atoms with Crippen LogP contribution < -0.4 is 10.1 Å². The maximum atomic E-state index is 14.1. The summed E-state index contributed by atoms with van der Waals surface area (Å²) in [7, 11) is 0. The molecule has 1 aromatic heterocycles. The minimum absolute atomic E-state index is 0.0320. The summed E-state index contributed by atoms with van der Waals surface area (Å²) in [6.45, 7) is 2.92. The summed E-state index contributed by atoms with van der Waals surface area (Å²) in [5.41, 5.74) is -1.15. The van der Waals surface area contributed by atoms with Crippen LogP contribution in [0.4, 0.5) is 27.6 Å². The molecule has 1 N–H and O–H groups in total.